The van der Waals surface area contributed by atoms with Gasteiger partial charge in [-0.25, -0.2) is 0 Å². The third kappa shape index (κ3) is 2.83. The Bertz CT molecular complexity index is 1090. The third-order valence-corrected chi connectivity index (χ3v) is 5.19. The number of aliphatic hydroxyl groups is 1. The molecule has 0 fully saturated rings. The van der Waals surface area contributed by atoms with Gasteiger partial charge in [-0.1, -0.05) is 28.1 Å². The van der Waals surface area contributed by atoms with E-state index in [1.807, 2.05) is 0 Å². The average molecular weight is 430 g/mol. The van der Waals surface area contributed by atoms with E-state index in [9.17, 15) is 14.7 Å². The Labute approximate surface area is 163 Å². The van der Waals surface area contributed by atoms with Gasteiger partial charge in [0.1, 0.15) is 11.3 Å². The van der Waals surface area contributed by atoms with Crippen molar-refractivity contribution in [3.63, 3.8) is 0 Å². The second-order valence-electron chi connectivity index (χ2n) is 6.21. The van der Waals surface area contributed by atoms with Gasteiger partial charge in [0.2, 0.25) is 5.76 Å². The van der Waals surface area contributed by atoms with Crippen molar-refractivity contribution in [1.82, 2.24) is 4.90 Å². The molecule has 1 aliphatic rings. The third-order valence-electron chi connectivity index (χ3n) is 4.70. The van der Waals surface area contributed by atoms with E-state index in [1.165, 1.54) is 4.90 Å². The molecule has 27 heavy (non-hydrogen) atoms. The van der Waals surface area contributed by atoms with Crippen LogP contribution in [0.15, 0.2) is 56.1 Å². The molecule has 2 aromatic carbocycles. The normalized spacial score (nSPS) is 16.0. The lowest BCUT2D eigenvalue weighted by molar-refractivity contribution is 0.0691. The van der Waals surface area contributed by atoms with Crippen molar-refractivity contribution >= 4 is 32.8 Å². The molecule has 1 unspecified atom stereocenters. The van der Waals surface area contributed by atoms with E-state index < -0.39 is 11.9 Å². The number of carbonyl (C=O) groups is 1. The van der Waals surface area contributed by atoms with Crippen LogP contribution in [0, 0.1) is 0 Å². The first-order valence-electron chi connectivity index (χ1n) is 8.37. The van der Waals surface area contributed by atoms with Crippen LogP contribution in [0.5, 0.6) is 5.75 Å². The lowest BCUT2D eigenvalue weighted by Gasteiger charge is -2.24. The number of fused-ring (bicyclic) bond motifs is 2. The fourth-order valence-electron chi connectivity index (χ4n) is 3.46. The SMILES string of the molecule is COc1ccc(C2c3c(oc4ccc(Br)cc4c3=O)C(=O)N2CCO)cc1. The molecule has 0 saturated carbocycles. The molecule has 1 aromatic heterocycles. The number of aliphatic hydroxyl groups excluding tert-OH is 1. The summed E-state index contributed by atoms with van der Waals surface area (Å²) in [7, 11) is 1.57. The Morgan fingerprint density at radius 3 is 2.59 bits per heavy atom. The molecular weight excluding hydrogens is 414 g/mol. The molecular formula is C20H16BrNO5. The minimum absolute atomic E-state index is 0.0316. The number of hydrogen-bond donors (Lipinski definition) is 1. The molecule has 6 nitrogen and oxygen atoms in total. The van der Waals surface area contributed by atoms with Crippen molar-refractivity contribution in [1.29, 1.82) is 0 Å². The highest BCUT2D eigenvalue weighted by Crippen LogP contribution is 2.38. The van der Waals surface area contributed by atoms with Crippen LogP contribution in [0.1, 0.15) is 27.7 Å². The van der Waals surface area contributed by atoms with E-state index in [1.54, 1.807) is 49.6 Å². The van der Waals surface area contributed by atoms with Gasteiger partial charge in [-0.05, 0) is 35.9 Å². The van der Waals surface area contributed by atoms with Gasteiger partial charge in [-0.2, -0.15) is 0 Å². The zero-order valence-corrected chi connectivity index (χ0v) is 16.0. The first-order chi connectivity index (χ1) is 13.0. The first kappa shape index (κ1) is 17.8. The van der Waals surface area contributed by atoms with Gasteiger partial charge in [0.25, 0.3) is 5.91 Å². The van der Waals surface area contributed by atoms with E-state index in [-0.39, 0.29) is 24.3 Å². The Morgan fingerprint density at radius 2 is 1.93 bits per heavy atom. The number of halogens is 1. The lowest BCUT2D eigenvalue weighted by atomic mass is 9.98. The second kappa shape index (κ2) is 6.83. The van der Waals surface area contributed by atoms with Crippen molar-refractivity contribution in [3.05, 3.63) is 74.0 Å². The summed E-state index contributed by atoms with van der Waals surface area (Å²) in [6.45, 7) is -0.120. The van der Waals surface area contributed by atoms with Crippen molar-refractivity contribution in [3.8, 4) is 5.75 Å². The van der Waals surface area contributed by atoms with Crippen molar-refractivity contribution in [2.45, 2.75) is 6.04 Å². The van der Waals surface area contributed by atoms with Crippen LogP contribution in [0.2, 0.25) is 0 Å². The smallest absolute Gasteiger partial charge is 0.290 e. The molecule has 1 aliphatic heterocycles. The van der Waals surface area contributed by atoms with Crippen molar-refractivity contribution in [2.24, 2.45) is 0 Å². The minimum atomic E-state index is -0.620. The van der Waals surface area contributed by atoms with Crippen molar-refractivity contribution < 1.29 is 19.1 Å². The molecule has 0 aliphatic carbocycles. The van der Waals surface area contributed by atoms with E-state index in [2.05, 4.69) is 15.9 Å². The number of amides is 1. The molecule has 0 radical (unpaired) electrons. The number of β-amino-alcohol motifs (C(OH)–C–C–N with tert-alkyl or cyclic N) is 1. The van der Waals surface area contributed by atoms with Gasteiger partial charge in [-0.15, -0.1) is 0 Å². The highest BCUT2D eigenvalue weighted by molar-refractivity contribution is 9.10. The largest absolute Gasteiger partial charge is 0.497 e. The quantitative estimate of drug-likeness (QED) is 0.688. The first-order valence-corrected chi connectivity index (χ1v) is 9.16. The summed E-state index contributed by atoms with van der Waals surface area (Å²) in [5.41, 5.74) is 1.15. The molecule has 2 heterocycles. The van der Waals surface area contributed by atoms with E-state index >= 15 is 0 Å². The topological polar surface area (TPSA) is 80.0 Å². The predicted octanol–water partition coefficient (Wildman–Crippen LogP) is 3.10. The lowest BCUT2D eigenvalue weighted by Crippen LogP contribution is -2.32. The maximum absolute atomic E-state index is 13.2. The fraction of sp³-hybridized carbons (Fsp3) is 0.200. The maximum atomic E-state index is 13.2. The number of ether oxygens (including phenoxy) is 1. The Balaban J connectivity index is 1.97. The van der Waals surface area contributed by atoms with Gasteiger partial charge in [0, 0.05) is 11.0 Å². The van der Waals surface area contributed by atoms with Crippen LogP contribution >= 0.6 is 15.9 Å². The van der Waals surface area contributed by atoms with Crippen LogP contribution in [0.4, 0.5) is 0 Å². The van der Waals surface area contributed by atoms with Crippen LogP contribution in [0.3, 0.4) is 0 Å². The number of carbonyl (C=O) groups excluding carboxylic acids is 1. The fourth-order valence-corrected chi connectivity index (χ4v) is 3.82. The Hall–Kier alpha value is -2.64. The molecule has 7 heteroatoms. The van der Waals surface area contributed by atoms with Crippen LogP contribution in [-0.2, 0) is 0 Å². The van der Waals surface area contributed by atoms with Crippen LogP contribution < -0.4 is 10.2 Å². The summed E-state index contributed by atoms with van der Waals surface area (Å²) in [5, 5.41) is 9.84. The summed E-state index contributed by atoms with van der Waals surface area (Å²) in [6, 6.07) is 11.6. The van der Waals surface area contributed by atoms with Crippen molar-refractivity contribution in [2.75, 3.05) is 20.3 Å². The summed E-state index contributed by atoms with van der Waals surface area (Å²) in [5.74, 6) is 0.303. The van der Waals surface area contributed by atoms with Crippen LogP contribution in [-0.4, -0.2) is 36.2 Å². The Morgan fingerprint density at radius 1 is 1.19 bits per heavy atom. The molecule has 1 N–H and O–H groups in total. The molecule has 4 rings (SSSR count). The maximum Gasteiger partial charge on any atom is 0.290 e. The zero-order chi connectivity index (χ0) is 19.1. The number of nitrogens with zero attached hydrogens (tertiary/aromatic N) is 1. The number of benzene rings is 2. The van der Waals surface area contributed by atoms with Gasteiger partial charge in [-0.3, -0.25) is 9.59 Å². The zero-order valence-electron chi connectivity index (χ0n) is 14.4. The molecule has 1 atom stereocenters. The summed E-state index contributed by atoms with van der Waals surface area (Å²) in [4.78, 5) is 27.6. The molecule has 3 aromatic rings. The summed E-state index contributed by atoms with van der Waals surface area (Å²) in [6.07, 6.45) is 0. The van der Waals surface area contributed by atoms with E-state index in [0.29, 0.717) is 22.3 Å². The number of methoxy groups -OCH3 is 1. The predicted molar refractivity (Wildman–Crippen MR) is 103 cm³/mol. The minimum Gasteiger partial charge on any atom is -0.497 e. The van der Waals surface area contributed by atoms with Gasteiger partial charge >= 0.3 is 0 Å². The van der Waals surface area contributed by atoms with Gasteiger partial charge in [0.15, 0.2) is 5.43 Å². The second-order valence-corrected chi connectivity index (χ2v) is 7.13. The van der Waals surface area contributed by atoms with E-state index in [0.717, 1.165) is 10.0 Å². The number of hydrogen-bond acceptors (Lipinski definition) is 5. The Kier molecular flexibility index (Phi) is 4.49. The van der Waals surface area contributed by atoms with E-state index in [4.69, 9.17) is 9.15 Å². The molecule has 0 spiro atoms. The molecule has 138 valence electrons. The average Bonchev–Trinajstić information content (AvgIpc) is 2.95. The highest BCUT2D eigenvalue weighted by Gasteiger charge is 2.42. The number of rotatable bonds is 4. The van der Waals surface area contributed by atoms with Crippen LogP contribution in [0.25, 0.3) is 11.0 Å². The molecule has 0 saturated heterocycles. The highest BCUT2D eigenvalue weighted by atomic mass is 79.9. The molecule has 0 bridgehead atoms. The summed E-state index contributed by atoms with van der Waals surface area (Å²) < 4.78 is 11.7. The molecule has 1 amide bonds. The monoisotopic (exact) mass is 429 g/mol. The summed E-state index contributed by atoms with van der Waals surface area (Å²) >= 11 is 3.37. The van der Waals surface area contributed by atoms with Gasteiger partial charge in [0.05, 0.1) is 30.7 Å². The van der Waals surface area contributed by atoms with Gasteiger partial charge < -0.3 is 19.2 Å². The standard InChI is InChI=1S/C20H16BrNO5/c1-26-13-5-2-11(3-6-13)17-16-18(24)14-10-12(21)4-7-15(14)27-19(16)20(25)22(17)8-9-23/h2-7,10,17,23H,8-9H2,1H3.